The van der Waals surface area contributed by atoms with Crippen molar-refractivity contribution in [1.82, 2.24) is 14.8 Å². The summed E-state index contributed by atoms with van der Waals surface area (Å²) in [5.41, 5.74) is 1.27. The molecule has 25 heavy (non-hydrogen) atoms. The maximum absolute atomic E-state index is 13.1. The number of pyridine rings is 1. The Morgan fingerprint density at radius 3 is 2.56 bits per heavy atom. The number of amides is 1. The number of morpholine rings is 1. The van der Waals surface area contributed by atoms with E-state index in [0.29, 0.717) is 11.9 Å². The lowest BCUT2D eigenvalue weighted by atomic mass is 9.97. The summed E-state index contributed by atoms with van der Waals surface area (Å²) in [4.78, 5) is 22.0. The van der Waals surface area contributed by atoms with Gasteiger partial charge in [0.15, 0.2) is 0 Å². The number of rotatable bonds is 4. The van der Waals surface area contributed by atoms with E-state index in [1.165, 1.54) is 5.56 Å². The predicted molar refractivity (Wildman–Crippen MR) is 96.1 cm³/mol. The fraction of sp³-hybridized carbons (Fsp3) is 0.600. The Hall–Kier alpha value is -1.72. The van der Waals surface area contributed by atoms with Gasteiger partial charge in [-0.05, 0) is 43.4 Å². The molecule has 0 spiro atoms. The molecule has 0 unspecified atom stereocenters. The van der Waals surface area contributed by atoms with E-state index in [1.54, 1.807) is 0 Å². The minimum absolute atomic E-state index is 0.156. The summed E-state index contributed by atoms with van der Waals surface area (Å²) in [5.74, 6) is 0.503. The van der Waals surface area contributed by atoms with Crippen LogP contribution < -0.4 is 0 Å². The van der Waals surface area contributed by atoms with Gasteiger partial charge in [-0.15, -0.1) is 0 Å². The zero-order valence-electron chi connectivity index (χ0n) is 14.7. The molecular weight excluding hydrogens is 314 g/mol. The molecule has 0 saturated carbocycles. The second-order valence-corrected chi connectivity index (χ2v) is 7.30. The first-order valence-electron chi connectivity index (χ1n) is 9.49. The van der Waals surface area contributed by atoms with E-state index in [0.717, 1.165) is 58.5 Å². The molecule has 0 aromatic carbocycles. The van der Waals surface area contributed by atoms with Crippen molar-refractivity contribution >= 4 is 5.91 Å². The lowest BCUT2D eigenvalue weighted by Gasteiger charge is -2.38. The highest BCUT2D eigenvalue weighted by Crippen LogP contribution is 2.30. The van der Waals surface area contributed by atoms with Crippen LogP contribution in [-0.4, -0.2) is 65.6 Å². The van der Waals surface area contributed by atoms with E-state index in [4.69, 9.17) is 4.74 Å². The average Bonchev–Trinajstić information content (AvgIpc) is 3.33. The molecule has 0 radical (unpaired) electrons. The Morgan fingerprint density at radius 2 is 1.84 bits per heavy atom. The molecule has 5 heteroatoms. The molecular formula is C20H27N3O2. The van der Waals surface area contributed by atoms with E-state index in [1.807, 2.05) is 12.4 Å². The van der Waals surface area contributed by atoms with Crippen LogP contribution in [0.3, 0.4) is 0 Å². The summed E-state index contributed by atoms with van der Waals surface area (Å²) >= 11 is 0. The third-order valence-electron chi connectivity index (χ3n) is 5.86. The SMILES string of the molecule is O=C(C1CC=CC1)N1CC[C@H](N2CCOCC2)[C@H]1Cc1ccncc1. The van der Waals surface area contributed by atoms with Crippen LogP contribution in [0.4, 0.5) is 0 Å². The molecule has 5 nitrogen and oxygen atoms in total. The third-order valence-corrected chi connectivity index (χ3v) is 5.86. The Balaban J connectivity index is 1.53. The van der Waals surface area contributed by atoms with Crippen molar-refractivity contribution in [3.8, 4) is 0 Å². The number of likely N-dealkylation sites (tertiary alicyclic amines) is 1. The fourth-order valence-electron chi connectivity index (χ4n) is 4.51. The van der Waals surface area contributed by atoms with Crippen molar-refractivity contribution in [2.45, 2.75) is 37.8 Å². The molecule has 4 rings (SSSR count). The third kappa shape index (κ3) is 3.62. The van der Waals surface area contributed by atoms with Crippen LogP contribution in [-0.2, 0) is 16.0 Å². The Labute approximate surface area is 149 Å². The van der Waals surface area contributed by atoms with Gasteiger partial charge in [-0.25, -0.2) is 0 Å². The van der Waals surface area contributed by atoms with Gasteiger partial charge < -0.3 is 9.64 Å². The molecule has 1 aromatic heterocycles. The van der Waals surface area contributed by atoms with Gasteiger partial charge in [0.1, 0.15) is 0 Å². The van der Waals surface area contributed by atoms with E-state index < -0.39 is 0 Å². The first kappa shape index (κ1) is 16.7. The Kier molecular flexibility index (Phi) is 5.13. The summed E-state index contributed by atoms with van der Waals surface area (Å²) in [5, 5.41) is 0. The van der Waals surface area contributed by atoms with Crippen LogP contribution in [0.5, 0.6) is 0 Å². The summed E-state index contributed by atoms with van der Waals surface area (Å²) in [6, 6.07) is 4.85. The lowest BCUT2D eigenvalue weighted by molar-refractivity contribution is -0.136. The molecule has 134 valence electrons. The standard InChI is InChI=1S/C20H27N3O2/c24-20(17-3-1-2-4-17)23-10-7-18(22-11-13-25-14-12-22)19(23)15-16-5-8-21-9-6-16/h1-2,5-6,8-9,17-19H,3-4,7,10-15H2/t18-,19+/m0/s1. The molecule has 2 saturated heterocycles. The summed E-state index contributed by atoms with van der Waals surface area (Å²) in [6.45, 7) is 4.44. The quantitative estimate of drug-likeness (QED) is 0.785. The maximum Gasteiger partial charge on any atom is 0.226 e. The summed E-state index contributed by atoms with van der Waals surface area (Å²) < 4.78 is 5.53. The zero-order chi connectivity index (χ0) is 17.1. The largest absolute Gasteiger partial charge is 0.379 e. The molecule has 1 aromatic rings. The van der Waals surface area contributed by atoms with Crippen molar-refractivity contribution in [3.05, 3.63) is 42.2 Å². The molecule has 2 atom stereocenters. The molecule has 0 N–H and O–H groups in total. The molecule has 2 aliphatic heterocycles. The molecule has 3 aliphatic rings. The number of allylic oxidation sites excluding steroid dienone is 2. The number of hydrogen-bond acceptors (Lipinski definition) is 4. The number of hydrogen-bond donors (Lipinski definition) is 0. The van der Waals surface area contributed by atoms with E-state index in [2.05, 4.69) is 39.1 Å². The number of carbonyl (C=O) groups is 1. The van der Waals surface area contributed by atoms with Crippen LogP contribution >= 0.6 is 0 Å². The lowest BCUT2D eigenvalue weighted by Crippen LogP contribution is -2.52. The van der Waals surface area contributed by atoms with Crippen molar-refractivity contribution in [2.24, 2.45) is 5.92 Å². The smallest absolute Gasteiger partial charge is 0.226 e. The van der Waals surface area contributed by atoms with Crippen LogP contribution in [0.2, 0.25) is 0 Å². The van der Waals surface area contributed by atoms with E-state index in [9.17, 15) is 4.79 Å². The van der Waals surface area contributed by atoms with Gasteiger partial charge in [-0.1, -0.05) is 12.2 Å². The van der Waals surface area contributed by atoms with Gasteiger partial charge in [0.25, 0.3) is 0 Å². The number of nitrogens with zero attached hydrogens (tertiary/aromatic N) is 3. The zero-order valence-corrected chi connectivity index (χ0v) is 14.7. The van der Waals surface area contributed by atoms with Crippen LogP contribution in [0, 0.1) is 5.92 Å². The normalized spacial score (nSPS) is 27.9. The highest BCUT2D eigenvalue weighted by molar-refractivity contribution is 5.80. The van der Waals surface area contributed by atoms with Gasteiger partial charge >= 0.3 is 0 Å². The van der Waals surface area contributed by atoms with E-state index >= 15 is 0 Å². The van der Waals surface area contributed by atoms with Gasteiger partial charge in [-0.3, -0.25) is 14.7 Å². The second-order valence-electron chi connectivity index (χ2n) is 7.30. The van der Waals surface area contributed by atoms with Crippen molar-refractivity contribution < 1.29 is 9.53 Å². The highest BCUT2D eigenvalue weighted by Gasteiger charge is 2.42. The van der Waals surface area contributed by atoms with Crippen molar-refractivity contribution in [1.29, 1.82) is 0 Å². The van der Waals surface area contributed by atoms with Crippen LogP contribution in [0.15, 0.2) is 36.7 Å². The number of carbonyl (C=O) groups excluding carboxylic acids is 1. The Bertz CT molecular complexity index is 605. The van der Waals surface area contributed by atoms with Crippen molar-refractivity contribution in [3.63, 3.8) is 0 Å². The first-order valence-corrected chi connectivity index (χ1v) is 9.49. The predicted octanol–water partition coefficient (Wildman–Crippen LogP) is 1.89. The van der Waals surface area contributed by atoms with Crippen molar-refractivity contribution in [2.75, 3.05) is 32.8 Å². The minimum Gasteiger partial charge on any atom is -0.379 e. The number of ether oxygens (including phenoxy) is 1. The monoisotopic (exact) mass is 341 g/mol. The number of aromatic nitrogens is 1. The first-order chi connectivity index (χ1) is 12.3. The van der Waals surface area contributed by atoms with E-state index in [-0.39, 0.29) is 12.0 Å². The summed E-state index contributed by atoms with van der Waals surface area (Å²) in [6.07, 6.45) is 11.8. The van der Waals surface area contributed by atoms with Crippen LogP contribution in [0.25, 0.3) is 0 Å². The molecule has 1 amide bonds. The average molecular weight is 341 g/mol. The van der Waals surface area contributed by atoms with Crippen LogP contribution in [0.1, 0.15) is 24.8 Å². The molecule has 0 bridgehead atoms. The van der Waals surface area contributed by atoms with Gasteiger partial charge in [-0.2, -0.15) is 0 Å². The topological polar surface area (TPSA) is 45.7 Å². The Morgan fingerprint density at radius 1 is 1.12 bits per heavy atom. The second kappa shape index (κ2) is 7.67. The minimum atomic E-state index is 0.156. The molecule has 2 fully saturated rings. The highest BCUT2D eigenvalue weighted by atomic mass is 16.5. The van der Waals surface area contributed by atoms with Gasteiger partial charge in [0, 0.05) is 44.0 Å². The molecule has 1 aliphatic carbocycles. The fourth-order valence-corrected chi connectivity index (χ4v) is 4.51. The summed E-state index contributed by atoms with van der Waals surface area (Å²) in [7, 11) is 0. The van der Waals surface area contributed by atoms with Gasteiger partial charge in [0.05, 0.1) is 19.3 Å². The van der Waals surface area contributed by atoms with Gasteiger partial charge in [0.2, 0.25) is 5.91 Å². The molecule has 3 heterocycles. The maximum atomic E-state index is 13.1.